The van der Waals surface area contributed by atoms with Gasteiger partial charge in [0, 0.05) is 19.1 Å². The Morgan fingerprint density at radius 1 is 1.40 bits per heavy atom. The lowest BCUT2D eigenvalue weighted by Gasteiger charge is -2.38. The molecule has 1 unspecified atom stereocenters. The molecule has 1 heterocycles. The molecular weight excluding hydrogens is 250 g/mol. The van der Waals surface area contributed by atoms with Crippen LogP contribution in [0, 0.1) is 11.3 Å². The average molecular weight is 281 g/mol. The molecule has 0 aromatic rings. The van der Waals surface area contributed by atoms with Crippen molar-refractivity contribution >= 4 is 5.91 Å². The maximum absolute atomic E-state index is 12.8. The Kier molecular flexibility index (Phi) is 5.44. The van der Waals surface area contributed by atoms with Crippen molar-refractivity contribution in [3.8, 4) is 0 Å². The average Bonchev–Trinajstić information content (AvgIpc) is 2.89. The molecule has 3 atom stereocenters. The van der Waals surface area contributed by atoms with E-state index in [1.54, 1.807) is 0 Å². The summed E-state index contributed by atoms with van der Waals surface area (Å²) in [5.41, 5.74) is -0.115. The first-order valence-corrected chi connectivity index (χ1v) is 8.36. The van der Waals surface area contributed by atoms with Gasteiger partial charge in [-0.2, -0.15) is 0 Å². The second-order valence-corrected chi connectivity index (χ2v) is 6.59. The highest BCUT2D eigenvalue weighted by Gasteiger charge is 2.49. The Labute approximate surface area is 123 Å². The molecule has 0 aromatic carbocycles. The highest BCUT2D eigenvalue weighted by Crippen LogP contribution is 2.43. The zero-order valence-electron chi connectivity index (χ0n) is 13.4. The van der Waals surface area contributed by atoms with E-state index in [-0.39, 0.29) is 11.5 Å². The molecule has 116 valence electrons. The maximum Gasteiger partial charge on any atom is 0.228 e. The van der Waals surface area contributed by atoms with Gasteiger partial charge in [0.25, 0.3) is 0 Å². The predicted molar refractivity (Wildman–Crippen MR) is 82.7 cm³/mol. The minimum atomic E-state index is -0.115. The van der Waals surface area contributed by atoms with Crippen molar-refractivity contribution in [1.29, 1.82) is 0 Å². The van der Waals surface area contributed by atoms with Crippen LogP contribution in [0.15, 0.2) is 0 Å². The first kappa shape index (κ1) is 15.8. The van der Waals surface area contributed by atoms with E-state index in [1.165, 1.54) is 19.3 Å². The van der Waals surface area contributed by atoms with Crippen molar-refractivity contribution in [2.45, 2.75) is 52.5 Å². The number of hydrogen-bond acceptors (Lipinski definition) is 3. The number of nitrogens with zero attached hydrogens (tertiary/aromatic N) is 1. The number of carbonyl (C=O) groups excluding carboxylic acids is 1. The summed E-state index contributed by atoms with van der Waals surface area (Å²) in [6, 6.07) is 0.236. The fourth-order valence-corrected chi connectivity index (χ4v) is 3.97. The zero-order valence-corrected chi connectivity index (χ0v) is 13.4. The molecular formula is C16H31N3O. The summed E-state index contributed by atoms with van der Waals surface area (Å²) < 4.78 is 0. The standard InChI is InChI=1S/C16H31N3O/c1-4-19(5-2)11-13(3)18-15(20)16-9-7-6-8-14(16)10-17-12-16/h13-14,17H,4-12H2,1-3H3,(H,18,20)/t13?,14-,16+/m0/s1. The summed E-state index contributed by atoms with van der Waals surface area (Å²) in [4.78, 5) is 15.2. The molecule has 0 aromatic heterocycles. The van der Waals surface area contributed by atoms with Gasteiger partial charge < -0.3 is 15.5 Å². The first-order valence-electron chi connectivity index (χ1n) is 8.36. The van der Waals surface area contributed by atoms with Gasteiger partial charge in [0.15, 0.2) is 0 Å². The van der Waals surface area contributed by atoms with Gasteiger partial charge in [-0.25, -0.2) is 0 Å². The van der Waals surface area contributed by atoms with Gasteiger partial charge in [-0.1, -0.05) is 26.7 Å². The van der Waals surface area contributed by atoms with Gasteiger partial charge in [-0.05, 0) is 45.3 Å². The normalized spacial score (nSPS) is 31.1. The Balaban J connectivity index is 1.93. The van der Waals surface area contributed by atoms with Crippen molar-refractivity contribution in [3.05, 3.63) is 0 Å². The van der Waals surface area contributed by atoms with E-state index in [9.17, 15) is 4.79 Å². The lowest BCUT2D eigenvalue weighted by Crippen LogP contribution is -2.52. The van der Waals surface area contributed by atoms with E-state index in [2.05, 4.69) is 36.3 Å². The van der Waals surface area contributed by atoms with E-state index >= 15 is 0 Å². The van der Waals surface area contributed by atoms with Crippen LogP contribution >= 0.6 is 0 Å². The van der Waals surface area contributed by atoms with Crippen LogP contribution in [-0.2, 0) is 4.79 Å². The molecule has 2 aliphatic rings. The summed E-state index contributed by atoms with van der Waals surface area (Å²) in [6.07, 6.45) is 4.77. The largest absolute Gasteiger partial charge is 0.352 e. The second kappa shape index (κ2) is 6.90. The number of hydrogen-bond donors (Lipinski definition) is 2. The molecule has 2 rings (SSSR count). The monoisotopic (exact) mass is 281 g/mol. The van der Waals surface area contributed by atoms with Crippen LogP contribution in [0.3, 0.4) is 0 Å². The second-order valence-electron chi connectivity index (χ2n) is 6.59. The lowest BCUT2D eigenvalue weighted by atomic mass is 9.67. The summed E-state index contributed by atoms with van der Waals surface area (Å²) in [5, 5.41) is 6.74. The first-order chi connectivity index (χ1) is 9.62. The van der Waals surface area contributed by atoms with E-state index in [1.807, 2.05) is 0 Å². The van der Waals surface area contributed by atoms with Crippen molar-refractivity contribution in [3.63, 3.8) is 0 Å². The Hall–Kier alpha value is -0.610. The highest BCUT2D eigenvalue weighted by atomic mass is 16.2. The number of carbonyl (C=O) groups is 1. The molecule has 0 radical (unpaired) electrons. The van der Waals surface area contributed by atoms with Crippen LogP contribution in [0.4, 0.5) is 0 Å². The van der Waals surface area contributed by atoms with Gasteiger partial charge >= 0.3 is 0 Å². The van der Waals surface area contributed by atoms with E-state index < -0.39 is 0 Å². The third-order valence-electron chi connectivity index (χ3n) is 5.29. The molecule has 1 aliphatic heterocycles. The Morgan fingerprint density at radius 2 is 2.15 bits per heavy atom. The zero-order chi connectivity index (χ0) is 14.6. The van der Waals surface area contributed by atoms with Crippen LogP contribution in [0.2, 0.25) is 0 Å². The molecule has 4 nitrogen and oxygen atoms in total. The van der Waals surface area contributed by atoms with Crippen molar-refractivity contribution in [2.75, 3.05) is 32.7 Å². The molecule has 0 spiro atoms. The van der Waals surface area contributed by atoms with Crippen molar-refractivity contribution in [1.82, 2.24) is 15.5 Å². The van der Waals surface area contributed by atoms with Crippen molar-refractivity contribution in [2.24, 2.45) is 11.3 Å². The van der Waals surface area contributed by atoms with Crippen molar-refractivity contribution < 1.29 is 4.79 Å². The summed E-state index contributed by atoms with van der Waals surface area (Å²) in [6.45, 7) is 11.4. The van der Waals surface area contributed by atoms with Crippen LogP contribution in [-0.4, -0.2) is 49.6 Å². The van der Waals surface area contributed by atoms with E-state index in [0.717, 1.165) is 39.1 Å². The lowest BCUT2D eigenvalue weighted by molar-refractivity contribution is -0.134. The summed E-state index contributed by atoms with van der Waals surface area (Å²) in [7, 11) is 0. The fraction of sp³-hybridized carbons (Fsp3) is 0.938. The summed E-state index contributed by atoms with van der Waals surface area (Å²) in [5.74, 6) is 0.851. The quantitative estimate of drug-likeness (QED) is 0.777. The minimum Gasteiger partial charge on any atom is -0.352 e. The molecule has 4 heteroatoms. The molecule has 0 bridgehead atoms. The molecule has 2 N–H and O–H groups in total. The van der Waals surface area contributed by atoms with Crippen LogP contribution in [0.5, 0.6) is 0 Å². The molecule has 1 aliphatic carbocycles. The van der Waals surface area contributed by atoms with Gasteiger partial charge in [0.1, 0.15) is 0 Å². The van der Waals surface area contributed by atoms with Gasteiger partial charge in [0.2, 0.25) is 5.91 Å². The van der Waals surface area contributed by atoms with E-state index in [4.69, 9.17) is 0 Å². The van der Waals surface area contributed by atoms with Crippen LogP contribution < -0.4 is 10.6 Å². The fourth-order valence-electron chi connectivity index (χ4n) is 3.97. The number of rotatable bonds is 6. The SMILES string of the molecule is CCN(CC)CC(C)NC(=O)[C@@]12CCCC[C@H]1CNC2. The van der Waals surface area contributed by atoms with Crippen LogP contribution in [0.25, 0.3) is 0 Å². The third-order valence-corrected chi connectivity index (χ3v) is 5.29. The number of amides is 1. The minimum absolute atomic E-state index is 0.115. The predicted octanol–water partition coefficient (Wildman–Crippen LogP) is 1.61. The van der Waals surface area contributed by atoms with Gasteiger partial charge in [0.05, 0.1) is 5.41 Å². The number of likely N-dealkylation sites (N-methyl/N-ethyl adjacent to an activating group) is 1. The van der Waals surface area contributed by atoms with E-state index in [0.29, 0.717) is 11.8 Å². The van der Waals surface area contributed by atoms with Gasteiger partial charge in [-0.3, -0.25) is 4.79 Å². The molecule has 20 heavy (non-hydrogen) atoms. The molecule has 1 saturated carbocycles. The smallest absolute Gasteiger partial charge is 0.228 e. The maximum atomic E-state index is 12.8. The van der Waals surface area contributed by atoms with Crippen LogP contribution in [0.1, 0.15) is 46.5 Å². The Morgan fingerprint density at radius 3 is 2.85 bits per heavy atom. The number of fused-ring (bicyclic) bond motifs is 1. The third kappa shape index (κ3) is 3.17. The Bertz CT molecular complexity index is 330. The number of nitrogens with one attached hydrogen (secondary N) is 2. The highest BCUT2D eigenvalue weighted by molar-refractivity contribution is 5.84. The molecule has 2 fully saturated rings. The molecule has 1 amide bonds. The summed E-state index contributed by atoms with van der Waals surface area (Å²) >= 11 is 0. The van der Waals surface area contributed by atoms with Gasteiger partial charge in [-0.15, -0.1) is 0 Å². The topological polar surface area (TPSA) is 44.4 Å². The molecule has 1 saturated heterocycles.